The maximum Gasteiger partial charge on any atom is 0.329 e. The molecule has 2 amide bonds. The highest BCUT2D eigenvalue weighted by Gasteiger charge is 2.29. The van der Waals surface area contributed by atoms with Crippen LogP contribution in [0.4, 0.5) is 5.69 Å². The molecule has 2 aromatic rings. The van der Waals surface area contributed by atoms with Crippen molar-refractivity contribution >= 4 is 23.5 Å². The number of hydrogen-bond acceptors (Lipinski definition) is 5. The van der Waals surface area contributed by atoms with Crippen molar-refractivity contribution in [1.29, 1.82) is 0 Å². The van der Waals surface area contributed by atoms with Crippen molar-refractivity contribution in [1.82, 2.24) is 15.1 Å². The number of carbonyl (C=O) groups is 3. The van der Waals surface area contributed by atoms with Gasteiger partial charge in [-0.1, -0.05) is 31.5 Å². The van der Waals surface area contributed by atoms with Crippen LogP contribution in [0.25, 0.3) is 0 Å². The first-order chi connectivity index (χ1) is 14.0. The third-order valence-corrected chi connectivity index (χ3v) is 4.91. The topological polar surface area (TPSA) is 102 Å². The van der Waals surface area contributed by atoms with Crippen LogP contribution < -0.4 is 10.6 Å². The summed E-state index contributed by atoms with van der Waals surface area (Å²) in [5.74, 6) is -1.71. The minimum Gasteiger partial charge on any atom is -0.451 e. The van der Waals surface area contributed by atoms with E-state index in [0.29, 0.717) is 16.9 Å². The SMILES string of the molecule is Cc1cccc(C(=O)N[C@H](C(=O)OC(C)C(=O)Nc2c(C)nn(C)c2C)C(C)C)c1. The fraction of sp³-hybridized carbons (Fsp3) is 0.455. The Balaban J connectivity index is 2.04. The molecule has 0 aliphatic carbocycles. The van der Waals surface area contributed by atoms with Gasteiger partial charge in [0.15, 0.2) is 6.10 Å². The molecule has 0 spiro atoms. The number of carbonyl (C=O) groups excluding carboxylic acids is 3. The zero-order valence-electron chi connectivity index (χ0n) is 18.6. The Bertz CT molecular complexity index is 949. The predicted octanol–water partition coefficient (Wildman–Crippen LogP) is 2.67. The molecule has 162 valence electrons. The van der Waals surface area contributed by atoms with E-state index in [-0.39, 0.29) is 11.8 Å². The molecule has 1 aromatic carbocycles. The summed E-state index contributed by atoms with van der Waals surface area (Å²) < 4.78 is 7.03. The highest BCUT2D eigenvalue weighted by atomic mass is 16.5. The lowest BCUT2D eigenvalue weighted by molar-refractivity contribution is -0.156. The minimum atomic E-state index is -1.03. The van der Waals surface area contributed by atoms with E-state index < -0.39 is 24.0 Å². The van der Waals surface area contributed by atoms with Crippen molar-refractivity contribution in [2.24, 2.45) is 13.0 Å². The van der Waals surface area contributed by atoms with Gasteiger partial charge >= 0.3 is 5.97 Å². The molecule has 1 aromatic heterocycles. The first-order valence-corrected chi connectivity index (χ1v) is 9.90. The Hall–Kier alpha value is -3.16. The van der Waals surface area contributed by atoms with Crippen LogP contribution in [0.15, 0.2) is 24.3 Å². The van der Waals surface area contributed by atoms with Crippen molar-refractivity contribution in [2.45, 2.75) is 53.7 Å². The molecular weight excluding hydrogens is 384 g/mol. The van der Waals surface area contributed by atoms with Crippen LogP contribution in [0.3, 0.4) is 0 Å². The quantitative estimate of drug-likeness (QED) is 0.678. The molecule has 0 saturated carbocycles. The summed E-state index contributed by atoms with van der Waals surface area (Å²) in [6, 6.07) is 6.21. The number of nitrogens with one attached hydrogen (secondary N) is 2. The van der Waals surface area contributed by atoms with Gasteiger partial charge in [-0.2, -0.15) is 5.10 Å². The van der Waals surface area contributed by atoms with Crippen molar-refractivity contribution < 1.29 is 19.1 Å². The van der Waals surface area contributed by atoms with Crippen LogP contribution in [0.5, 0.6) is 0 Å². The lowest BCUT2D eigenvalue weighted by Crippen LogP contribution is -2.47. The molecule has 0 aliphatic rings. The first-order valence-electron chi connectivity index (χ1n) is 9.90. The average Bonchev–Trinajstić information content (AvgIpc) is 2.91. The zero-order chi connectivity index (χ0) is 22.6. The van der Waals surface area contributed by atoms with Crippen LogP contribution in [0.2, 0.25) is 0 Å². The highest BCUT2D eigenvalue weighted by Crippen LogP contribution is 2.19. The molecule has 2 rings (SSSR count). The first kappa shape index (κ1) is 23.1. The summed E-state index contributed by atoms with van der Waals surface area (Å²) in [6.07, 6.45) is -1.03. The lowest BCUT2D eigenvalue weighted by atomic mass is 10.0. The molecule has 0 radical (unpaired) electrons. The van der Waals surface area contributed by atoms with Crippen molar-refractivity contribution in [2.75, 3.05) is 5.32 Å². The van der Waals surface area contributed by atoms with Gasteiger partial charge < -0.3 is 15.4 Å². The predicted molar refractivity (Wildman–Crippen MR) is 114 cm³/mol. The number of hydrogen-bond donors (Lipinski definition) is 2. The molecule has 0 fully saturated rings. The number of nitrogens with zero attached hydrogens (tertiary/aromatic N) is 2. The second-order valence-corrected chi connectivity index (χ2v) is 7.80. The standard InChI is InChI=1S/C22H30N4O4/c1-12(2)18(23-21(28)17-10-8-9-13(3)11-17)22(29)30-16(6)20(27)24-19-14(4)25-26(7)15(19)5/h8-12,16,18H,1-7H3,(H,23,28)(H,24,27)/t16?,18-/m0/s1. The third-order valence-electron chi connectivity index (χ3n) is 4.91. The summed E-state index contributed by atoms with van der Waals surface area (Å²) in [7, 11) is 1.78. The molecule has 1 unspecified atom stereocenters. The summed E-state index contributed by atoms with van der Waals surface area (Å²) in [5.41, 5.74) is 3.47. The van der Waals surface area contributed by atoms with E-state index >= 15 is 0 Å². The van der Waals surface area contributed by atoms with Crippen molar-refractivity contribution in [3.05, 3.63) is 46.8 Å². The molecule has 30 heavy (non-hydrogen) atoms. The largest absolute Gasteiger partial charge is 0.451 e. The van der Waals surface area contributed by atoms with Gasteiger partial charge in [-0.25, -0.2) is 4.79 Å². The van der Waals surface area contributed by atoms with Gasteiger partial charge in [-0.05, 0) is 45.7 Å². The van der Waals surface area contributed by atoms with Crippen molar-refractivity contribution in [3.8, 4) is 0 Å². The van der Waals surface area contributed by atoms with Gasteiger partial charge in [0.05, 0.1) is 17.1 Å². The summed E-state index contributed by atoms with van der Waals surface area (Å²) in [4.78, 5) is 37.8. The Morgan fingerprint density at radius 1 is 1.10 bits per heavy atom. The fourth-order valence-electron chi connectivity index (χ4n) is 2.99. The van der Waals surface area contributed by atoms with Crippen LogP contribution in [-0.2, 0) is 21.4 Å². The number of rotatable bonds is 7. The Morgan fingerprint density at radius 3 is 2.30 bits per heavy atom. The highest BCUT2D eigenvalue weighted by molar-refractivity contribution is 5.98. The third kappa shape index (κ3) is 5.46. The molecule has 1 heterocycles. The van der Waals surface area contributed by atoms with Gasteiger partial charge in [0.25, 0.3) is 11.8 Å². The van der Waals surface area contributed by atoms with E-state index in [1.165, 1.54) is 6.92 Å². The number of benzene rings is 1. The lowest BCUT2D eigenvalue weighted by Gasteiger charge is -2.23. The molecule has 0 saturated heterocycles. The molecule has 2 atom stereocenters. The zero-order valence-corrected chi connectivity index (χ0v) is 18.6. The monoisotopic (exact) mass is 414 g/mol. The number of anilines is 1. The second kappa shape index (κ2) is 9.56. The van der Waals surface area contributed by atoms with Gasteiger partial charge in [0.2, 0.25) is 0 Å². The van der Waals surface area contributed by atoms with Gasteiger partial charge in [-0.3, -0.25) is 14.3 Å². The van der Waals surface area contributed by atoms with Gasteiger partial charge in [-0.15, -0.1) is 0 Å². The molecular formula is C22H30N4O4. The maximum atomic E-state index is 12.7. The van der Waals surface area contributed by atoms with Crippen LogP contribution in [-0.4, -0.2) is 39.7 Å². The van der Waals surface area contributed by atoms with E-state index in [1.54, 1.807) is 50.7 Å². The van der Waals surface area contributed by atoms with E-state index in [9.17, 15) is 14.4 Å². The summed E-state index contributed by atoms with van der Waals surface area (Å²) in [5, 5.41) is 9.73. The molecule has 0 bridgehead atoms. The average molecular weight is 415 g/mol. The summed E-state index contributed by atoms with van der Waals surface area (Å²) in [6.45, 7) is 10.6. The fourth-order valence-corrected chi connectivity index (χ4v) is 2.99. The number of aromatic nitrogens is 2. The molecule has 0 aliphatic heterocycles. The van der Waals surface area contributed by atoms with Crippen LogP contribution in [0, 0.1) is 26.7 Å². The van der Waals surface area contributed by atoms with E-state index in [4.69, 9.17) is 4.74 Å². The number of ether oxygens (including phenoxy) is 1. The van der Waals surface area contributed by atoms with Gasteiger partial charge in [0.1, 0.15) is 6.04 Å². The maximum absolute atomic E-state index is 12.7. The number of amides is 2. The van der Waals surface area contributed by atoms with Crippen LogP contribution >= 0.6 is 0 Å². The van der Waals surface area contributed by atoms with E-state index in [0.717, 1.165) is 11.3 Å². The Labute approximate surface area is 177 Å². The normalized spacial score (nSPS) is 12.9. The number of esters is 1. The minimum absolute atomic E-state index is 0.218. The molecule has 2 N–H and O–H groups in total. The smallest absolute Gasteiger partial charge is 0.329 e. The van der Waals surface area contributed by atoms with Gasteiger partial charge in [0, 0.05) is 12.6 Å². The van der Waals surface area contributed by atoms with E-state index in [2.05, 4.69) is 15.7 Å². The van der Waals surface area contributed by atoms with E-state index in [1.807, 2.05) is 19.9 Å². The second-order valence-electron chi connectivity index (χ2n) is 7.80. The Kier molecular flexibility index (Phi) is 7.37. The van der Waals surface area contributed by atoms with Crippen LogP contribution in [0.1, 0.15) is 48.1 Å². The summed E-state index contributed by atoms with van der Waals surface area (Å²) >= 11 is 0. The Morgan fingerprint density at radius 2 is 1.77 bits per heavy atom. The number of aryl methyl sites for hydroxylation is 3. The van der Waals surface area contributed by atoms with Crippen molar-refractivity contribution in [3.63, 3.8) is 0 Å². The molecule has 8 heteroatoms. The molecule has 8 nitrogen and oxygen atoms in total.